The van der Waals surface area contributed by atoms with E-state index in [-0.39, 0.29) is 19.0 Å². The molecule has 1 heterocycles. The Morgan fingerprint density at radius 1 is 1.00 bits per heavy atom. The van der Waals surface area contributed by atoms with E-state index in [1.807, 2.05) is 38.1 Å². The molecule has 1 N–H and O–H groups in total. The molecular formula is C22H23N3O6. The van der Waals surface area contributed by atoms with Crippen LogP contribution in [0.3, 0.4) is 0 Å². The smallest absolute Gasteiger partial charge is 0.325 e. The molecule has 31 heavy (non-hydrogen) atoms. The van der Waals surface area contributed by atoms with E-state index in [4.69, 9.17) is 18.7 Å². The lowest BCUT2D eigenvalue weighted by molar-refractivity contribution is -0.144. The van der Waals surface area contributed by atoms with E-state index in [1.54, 1.807) is 24.3 Å². The standard InChI is InChI=1S/C22H23N3O6/c1-3-28-16-11-9-15(10-12-16)22(27)23-13-20(26)30-14-19-24-21(25-31-19)17-7-5-6-8-18(17)29-4-2/h5-12H,3-4,13-14H2,1-2H3,(H,23,27). The molecule has 9 heteroatoms. The lowest BCUT2D eigenvalue weighted by Gasteiger charge is -2.06. The first-order valence-electron chi connectivity index (χ1n) is 9.82. The van der Waals surface area contributed by atoms with E-state index in [0.29, 0.717) is 41.7 Å². The molecule has 0 aliphatic rings. The SMILES string of the molecule is CCOc1ccc(C(=O)NCC(=O)OCc2nc(-c3ccccc3OCC)no2)cc1. The molecule has 0 bridgehead atoms. The molecule has 3 aromatic rings. The Labute approximate surface area is 179 Å². The van der Waals surface area contributed by atoms with Crippen LogP contribution in [0.25, 0.3) is 11.4 Å². The third-order valence-electron chi connectivity index (χ3n) is 4.07. The highest BCUT2D eigenvalue weighted by atomic mass is 16.6. The first-order chi connectivity index (χ1) is 15.1. The van der Waals surface area contributed by atoms with Crippen molar-refractivity contribution in [1.29, 1.82) is 0 Å². The van der Waals surface area contributed by atoms with Gasteiger partial charge in [-0.3, -0.25) is 9.59 Å². The van der Waals surface area contributed by atoms with Gasteiger partial charge in [0.1, 0.15) is 18.0 Å². The minimum absolute atomic E-state index is 0.132. The van der Waals surface area contributed by atoms with Crippen LogP contribution in [0.5, 0.6) is 11.5 Å². The summed E-state index contributed by atoms with van der Waals surface area (Å²) in [6, 6.07) is 13.9. The number of hydrogen-bond acceptors (Lipinski definition) is 8. The number of nitrogens with one attached hydrogen (secondary N) is 1. The number of aromatic nitrogens is 2. The summed E-state index contributed by atoms with van der Waals surface area (Å²) in [5.41, 5.74) is 1.08. The molecule has 0 saturated heterocycles. The predicted octanol–water partition coefficient (Wildman–Crippen LogP) is 3.01. The van der Waals surface area contributed by atoms with Gasteiger partial charge < -0.3 is 24.1 Å². The van der Waals surface area contributed by atoms with Crippen molar-refractivity contribution in [2.24, 2.45) is 0 Å². The third kappa shape index (κ3) is 6.05. The maximum atomic E-state index is 12.1. The molecule has 2 aromatic carbocycles. The Hall–Kier alpha value is -3.88. The van der Waals surface area contributed by atoms with Gasteiger partial charge in [-0.05, 0) is 50.2 Å². The van der Waals surface area contributed by atoms with Crippen molar-refractivity contribution in [1.82, 2.24) is 15.5 Å². The maximum absolute atomic E-state index is 12.1. The molecule has 0 fully saturated rings. The van der Waals surface area contributed by atoms with Crippen molar-refractivity contribution in [3.63, 3.8) is 0 Å². The number of ether oxygens (including phenoxy) is 3. The summed E-state index contributed by atoms with van der Waals surface area (Å²) in [5, 5.41) is 6.41. The number of esters is 1. The molecule has 1 aromatic heterocycles. The Morgan fingerprint density at radius 2 is 1.74 bits per heavy atom. The number of carbonyl (C=O) groups excluding carboxylic acids is 2. The number of benzene rings is 2. The topological polar surface area (TPSA) is 113 Å². The van der Waals surface area contributed by atoms with Gasteiger partial charge >= 0.3 is 5.97 Å². The van der Waals surface area contributed by atoms with Gasteiger partial charge in [0, 0.05) is 5.56 Å². The van der Waals surface area contributed by atoms with Crippen LogP contribution in [0.15, 0.2) is 53.1 Å². The largest absolute Gasteiger partial charge is 0.494 e. The third-order valence-corrected chi connectivity index (χ3v) is 4.07. The number of para-hydroxylation sites is 1. The van der Waals surface area contributed by atoms with Gasteiger partial charge in [-0.15, -0.1) is 0 Å². The average Bonchev–Trinajstić information content (AvgIpc) is 3.26. The summed E-state index contributed by atoms with van der Waals surface area (Å²) in [5.74, 6) is 0.736. The van der Waals surface area contributed by atoms with E-state index in [2.05, 4.69) is 15.5 Å². The molecule has 3 rings (SSSR count). The van der Waals surface area contributed by atoms with E-state index >= 15 is 0 Å². The molecule has 9 nitrogen and oxygen atoms in total. The van der Waals surface area contributed by atoms with Crippen LogP contribution in [0, 0.1) is 0 Å². The van der Waals surface area contributed by atoms with E-state index in [0.717, 1.165) is 0 Å². The van der Waals surface area contributed by atoms with E-state index in [9.17, 15) is 9.59 Å². The van der Waals surface area contributed by atoms with Gasteiger partial charge in [0.15, 0.2) is 6.61 Å². The molecule has 0 aliphatic carbocycles. The van der Waals surface area contributed by atoms with Crippen LogP contribution in [0.2, 0.25) is 0 Å². The normalized spacial score (nSPS) is 10.4. The van der Waals surface area contributed by atoms with Crippen molar-refractivity contribution in [3.8, 4) is 22.9 Å². The highest BCUT2D eigenvalue weighted by molar-refractivity contribution is 5.96. The summed E-state index contributed by atoms with van der Waals surface area (Å²) >= 11 is 0. The molecule has 0 radical (unpaired) electrons. The average molecular weight is 425 g/mol. The maximum Gasteiger partial charge on any atom is 0.325 e. The zero-order chi connectivity index (χ0) is 22.1. The Kier molecular flexibility index (Phi) is 7.58. The molecular weight excluding hydrogens is 402 g/mol. The quantitative estimate of drug-likeness (QED) is 0.493. The summed E-state index contributed by atoms with van der Waals surface area (Å²) < 4.78 is 21.1. The summed E-state index contributed by atoms with van der Waals surface area (Å²) in [7, 11) is 0. The van der Waals surface area contributed by atoms with Gasteiger partial charge in [0.05, 0.1) is 18.8 Å². The zero-order valence-electron chi connectivity index (χ0n) is 17.3. The first-order valence-corrected chi connectivity index (χ1v) is 9.82. The molecule has 162 valence electrons. The van der Waals surface area contributed by atoms with E-state index < -0.39 is 11.9 Å². The lowest BCUT2D eigenvalue weighted by atomic mass is 10.2. The Bertz CT molecular complexity index is 1020. The van der Waals surface area contributed by atoms with Crippen molar-refractivity contribution in [2.75, 3.05) is 19.8 Å². The fraction of sp³-hybridized carbons (Fsp3) is 0.273. The zero-order valence-corrected chi connectivity index (χ0v) is 17.3. The van der Waals surface area contributed by atoms with Crippen LogP contribution in [0.1, 0.15) is 30.1 Å². The number of rotatable bonds is 10. The summed E-state index contributed by atoms with van der Waals surface area (Å²) in [6.07, 6.45) is 0. The van der Waals surface area contributed by atoms with Crippen molar-refractivity contribution in [3.05, 3.63) is 60.0 Å². The van der Waals surface area contributed by atoms with Gasteiger partial charge in [-0.1, -0.05) is 17.3 Å². The van der Waals surface area contributed by atoms with Crippen LogP contribution >= 0.6 is 0 Å². The molecule has 0 unspecified atom stereocenters. The van der Waals surface area contributed by atoms with Crippen molar-refractivity contribution in [2.45, 2.75) is 20.5 Å². The van der Waals surface area contributed by atoms with Crippen LogP contribution in [-0.4, -0.2) is 41.8 Å². The summed E-state index contributed by atoms with van der Waals surface area (Å²) in [6.45, 7) is 4.30. The molecule has 1 amide bonds. The van der Waals surface area contributed by atoms with Gasteiger partial charge in [-0.25, -0.2) is 0 Å². The van der Waals surface area contributed by atoms with Gasteiger partial charge in [-0.2, -0.15) is 4.98 Å². The highest BCUT2D eigenvalue weighted by Gasteiger charge is 2.15. The number of amides is 1. The van der Waals surface area contributed by atoms with Gasteiger partial charge in [0.2, 0.25) is 5.82 Å². The molecule has 0 saturated carbocycles. The second-order valence-corrected chi connectivity index (χ2v) is 6.24. The van der Waals surface area contributed by atoms with E-state index in [1.165, 1.54) is 0 Å². The van der Waals surface area contributed by atoms with Crippen LogP contribution < -0.4 is 14.8 Å². The second kappa shape index (κ2) is 10.8. The molecule has 0 aliphatic heterocycles. The van der Waals surface area contributed by atoms with Gasteiger partial charge in [0.25, 0.3) is 11.8 Å². The van der Waals surface area contributed by atoms with Crippen LogP contribution in [-0.2, 0) is 16.1 Å². The first kappa shape index (κ1) is 21.8. The molecule has 0 spiro atoms. The monoisotopic (exact) mass is 425 g/mol. The van der Waals surface area contributed by atoms with Crippen molar-refractivity contribution >= 4 is 11.9 Å². The highest BCUT2D eigenvalue weighted by Crippen LogP contribution is 2.27. The fourth-order valence-electron chi connectivity index (χ4n) is 2.67. The predicted molar refractivity (Wildman–Crippen MR) is 111 cm³/mol. The minimum Gasteiger partial charge on any atom is -0.494 e. The number of hydrogen-bond donors (Lipinski definition) is 1. The Balaban J connectivity index is 1.48. The number of carbonyl (C=O) groups is 2. The Morgan fingerprint density at radius 3 is 2.48 bits per heavy atom. The number of nitrogens with zero attached hydrogens (tertiary/aromatic N) is 2. The lowest BCUT2D eigenvalue weighted by Crippen LogP contribution is -2.30. The fourth-order valence-corrected chi connectivity index (χ4v) is 2.67. The van der Waals surface area contributed by atoms with Crippen molar-refractivity contribution < 1.29 is 28.3 Å². The van der Waals surface area contributed by atoms with Crippen LogP contribution in [0.4, 0.5) is 0 Å². The second-order valence-electron chi connectivity index (χ2n) is 6.24. The molecule has 0 atom stereocenters. The summed E-state index contributed by atoms with van der Waals surface area (Å²) in [4.78, 5) is 28.3. The minimum atomic E-state index is -0.631.